The van der Waals surface area contributed by atoms with Gasteiger partial charge in [0.05, 0.1) is 6.61 Å². The molecule has 1 aromatic rings. The van der Waals surface area contributed by atoms with Crippen molar-refractivity contribution in [1.29, 1.82) is 0 Å². The normalized spacial score (nSPS) is 17.4. The van der Waals surface area contributed by atoms with Crippen molar-refractivity contribution >= 4 is 0 Å². The number of benzene rings is 1. The molecule has 14 heavy (non-hydrogen) atoms. The zero-order valence-corrected chi connectivity index (χ0v) is 8.90. The van der Waals surface area contributed by atoms with Crippen molar-refractivity contribution in [2.75, 3.05) is 13.2 Å². The molecule has 0 aliphatic heterocycles. The van der Waals surface area contributed by atoms with Gasteiger partial charge >= 0.3 is 0 Å². The largest absolute Gasteiger partial charge is 0.396 e. The molecule has 2 unspecified atom stereocenters. The third kappa shape index (κ3) is 2.14. The van der Waals surface area contributed by atoms with Gasteiger partial charge in [-0.3, -0.25) is 0 Å². The van der Waals surface area contributed by atoms with Gasteiger partial charge in [0, 0.05) is 12.0 Å². The Morgan fingerprint density at radius 3 is 2.36 bits per heavy atom. The standard InChI is InChI=1S/C12H19NO/c1-10(12(2,8-13)9-14)11-6-4-3-5-7-11/h3-7,10,14H,8-9,13H2,1-2H3. The minimum absolute atomic E-state index is 0.125. The van der Waals surface area contributed by atoms with E-state index in [-0.39, 0.29) is 17.9 Å². The Morgan fingerprint density at radius 2 is 1.93 bits per heavy atom. The molecule has 3 N–H and O–H groups in total. The summed E-state index contributed by atoms with van der Waals surface area (Å²) in [5, 5.41) is 9.34. The third-order valence-corrected chi connectivity index (χ3v) is 3.17. The van der Waals surface area contributed by atoms with E-state index in [1.54, 1.807) is 0 Å². The van der Waals surface area contributed by atoms with Crippen molar-refractivity contribution in [3.05, 3.63) is 35.9 Å². The molecule has 0 heterocycles. The van der Waals surface area contributed by atoms with E-state index >= 15 is 0 Å². The second-order valence-electron chi connectivity index (χ2n) is 4.15. The summed E-state index contributed by atoms with van der Waals surface area (Å²) >= 11 is 0. The van der Waals surface area contributed by atoms with E-state index in [4.69, 9.17) is 5.73 Å². The molecule has 0 fully saturated rings. The lowest BCUT2D eigenvalue weighted by molar-refractivity contribution is 0.126. The van der Waals surface area contributed by atoms with Gasteiger partial charge in [-0.25, -0.2) is 0 Å². The van der Waals surface area contributed by atoms with Crippen molar-refractivity contribution in [3.8, 4) is 0 Å². The molecule has 0 saturated heterocycles. The maximum absolute atomic E-state index is 9.34. The van der Waals surface area contributed by atoms with Gasteiger partial charge in [-0.15, -0.1) is 0 Å². The lowest BCUT2D eigenvalue weighted by Gasteiger charge is -2.32. The van der Waals surface area contributed by atoms with E-state index in [9.17, 15) is 5.11 Å². The molecule has 2 heteroatoms. The van der Waals surface area contributed by atoms with Crippen LogP contribution >= 0.6 is 0 Å². The van der Waals surface area contributed by atoms with Crippen LogP contribution in [0.3, 0.4) is 0 Å². The molecule has 0 amide bonds. The number of aliphatic hydroxyl groups is 1. The molecule has 0 aromatic heterocycles. The average molecular weight is 193 g/mol. The van der Waals surface area contributed by atoms with E-state index in [2.05, 4.69) is 19.1 Å². The highest BCUT2D eigenvalue weighted by Gasteiger charge is 2.29. The molecular formula is C12H19NO. The fourth-order valence-corrected chi connectivity index (χ4v) is 1.52. The lowest BCUT2D eigenvalue weighted by atomic mass is 9.75. The Bertz CT molecular complexity index is 267. The van der Waals surface area contributed by atoms with Crippen molar-refractivity contribution in [3.63, 3.8) is 0 Å². The van der Waals surface area contributed by atoms with E-state index in [1.165, 1.54) is 5.56 Å². The quantitative estimate of drug-likeness (QED) is 0.765. The summed E-state index contributed by atoms with van der Waals surface area (Å²) in [7, 11) is 0. The lowest BCUT2D eigenvalue weighted by Crippen LogP contribution is -2.36. The highest BCUT2D eigenvalue weighted by Crippen LogP contribution is 2.33. The second-order valence-corrected chi connectivity index (χ2v) is 4.15. The highest BCUT2D eigenvalue weighted by atomic mass is 16.3. The van der Waals surface area contributed by atoms with E-state index < -0.39 is 0 Å². The Kier molecular flexibility index (Phi) is 3.67. The number of hydrogen-bond acceptors (Lipinski definition) is 2. The predicted molar refractivity (Wildman–Crippen MR) is 59.1 cm³/mol. The van der Waals surface area contributed by atoms with Crippen LogP contribution in [0.1, 0.15) is 25.3 Å². The van der Waals surface area contributed by atoms with Gasteiger partial charge in [0.15, 0.2) is 0 Å². The molecule has 0 spiro atoms. The Labute approximate surface area is 85.8 Å². The molecular weight excluding hydrogens is 174 g/mol. The summed E-state index contributed by atoms with van der Waals surface area (Å²) < 4.78 is 0. The number of aliphatic hydroxyl groups excluding tert-OH is 1. The minimum atomic E-state index is -0.221. The van der Waals surface area contributed by atoms with Gasteiger partial charge in [-0.1, -0.05) is 44.2 Å². The molecule has 0 aliphatic rings. The van der Waals surface area contributed by atoms with Crippen LogP contribution in [0, 0.1) is 5.41 Å². The Balaban J connectivity index is 2.89. The second kappa shape index (κ2) is 4.58. The molecule has 0 bridgehead atoms. The van der Waals surface area contributed by atoms with Crippen molar-refractivity contribution < 1.29 is 5.11 Å². The summed E-state index contributed by atoms with van der Waals surface area (Å²) in [6, 6.07) is 10.2. The molecule has 2 nitrogen and oxygen atoms in total. The van der Waals surface area contributed by atoms with Crippen LogP contribution in [0.25, 0.3) is 0 Å². The van der Waals surface area contributed by atoms with Crippen LogP contribution in [0.5, 0.6) is 0 Å². The molecule has 0 radical (unpaired) electrons. The van der Waals surface area contributed by atoms with Crippen LogP contribution in [0.2, 0.25) is 0 Å². The fraction of sp³-hybridized carbons (Fsp3) is 0.500. The van der Waals surface area contributed by atoms with Crippen molar-refractivity contribution in [1.82, 2.24) is 0 Å². The first kappa shape index (κ1) is 11.2. The van der Waals surface area contributed by atoms with Crippen LogP contribution in [-0.4, -0.2) is 18.3 Å². The van der Waals surface area contributed by atoms with Gasteiger partial charge in [-0.05, 0) is 11.5 Å². The zero-order valence-electron chi connectivity index (χ0n) is 8.90. The van der Waals surface area contributed by atoms with E-state index in [0.29, 0.717) is 6.54 Å². The van der Waals surface area contributed by atoms with Gasteiger partial charge in [-0.2, -0.15) is 0 Å². The van der Waals surface area contributed by atoms with Gasteiger partial charge in [0.2, 0.25) is 0 Å². The highest BCUT2D eigenvalue weighted by molar-refractivity contribution is 5.21. The molecule has 0 aliphatic carbocycles. The molecule has 1 aromatic carbocycles. The van der Waals surface area contributed by atoms with Crippen molar-refractivity contribution in [2.24, 2.45) is 11.1 Å². The molecule has 78 valence electrons. The van der Waals surface area contributed by atoms with Crippen LogP contribution < -0.4 is 5.73 Å². The number of rotatable bonds is 4. The van der Waals surface area contributed by atoms with E-state index in [1.807, 2.05) is 25.1 Å². The first-order valence-electron chi connectivity index (χ1n) is 5.00. The summed E-state index contributed by atoms with van der Waals surface area (Å²) in [5.41, 5.74) is 6.71. The predicted octanol–water partition coefficient (Wildman–Crippen LogP) is 1.75. The summed E-state index contributed by atoms with van der Waals surface area (Å²) in [6.45, 7) is 4.75. The maximum Gasteiger partial charge on any atom is 0.0502 e. The molecule has 0 saturated carbocycles. The van der Waals surface area contributed by atoms with Crippen molar-refractivity contribution in [2.45, 2.75) is 19.8 Å². The van der Waals surface area contributed by atoms with Crippen LogP contribution in [0.4, 0.5) is 0 Å². The number of hydrogen-bond donors (Lipinski definition) is 2. The van der Waals surface area contributed by atoms with Gasteiger partial charge < -0.3 is 10.8 Å². The summed E-state index contributed by atoms with van der Waals surface area (Å²) in [4.78, 5) is 0. The molecule has 1 rings (SSSR count). The Morgan fingerprint density at radius 1 is 1.36 bits per heavy atom. The SMILES string of the molecule is CC(c1ccccc1)C(C)(CN)CO. The third-order valence-electron chi connectivity index (χ3n) is 3.17. The fourth-order valence-electron chi connectivity index (χ4n) is 1.52. The maximum atomic E-state index is 9.34. The van der Waals surface area contributed by atoms with Gasteiger partial charge in [0.1, 0.15) is 0 Å². The Hall–Kier alpha value is -0.860. The van der Waals surface area contributed by atoms with Gasteiger partial charge in [0.25, 0.3) is 0 Å². The van der Waals surface area contributed by atoms with Crippen LogP contribution in [0.15, 0.2) is 30.3 Å². The molecule has 2 atom stereocenters. The summed E-state index contributed by atoms with van der Waals surface area (Å²) in [5.74, 6) is 0.277. The average Bonchev–Trinajstić information content (AvgIpc) is 2.28. The zero-order chi connectivity index (χ0) is 10.6. The first-order chi connectivity index (χ1) is 6.64. The topological polar surface area (TPSA) is 46.2 Å². The van der Waals surface area contributed by atoms with Crippen LogP contribution in [-0.2, 0) is 0 Å². The first-order valence-corrected chi connectivity index (χ1v) is 5.00. The smallest absolute Gasteiger partial charge is 0.0502 e. The summed E-state index contributed by atoms with van der Waals surface area (Å²) in [6.07, 6.45) is 0. The minimum Gasteiger partial charge on any atom is -0.396 e. The number of nitrogens with two attached hydrogens (primary N) is 1. The van der Waals surface area contributed by atoms with E-state index in [0.717, 1.165) is 0 Å². The monoisotopic (exact) mass is 193 g/mol.